The molecule has 0 aromatic heterocycles. The third-order valence-electron chi connectivity index (χ3n) is 3.15. The van der Waals surface area contributed by atoms with Crippen LogP contribution in [0, 0.1) is 11.8 Å². The van der Waals surface area contributed by atoms with Crippen molar-refractivity contribution >= 4 is 5.91 Å². The van der Waals surface area contributed by atoms with E-state index in [9.17, 15) is 4.79 Å². The fourth-order valence-electron chi connectivity index (χ4n) is 1.81. The van der Waals surface area contributed by atoms with E-state index in [2.05, 4.69) is 18.8 Å². The molecule has 0 aliphatic heterocycles. The molecule has 0 aliphatic rings. The van der Waals surface area contributed by atoms with Gasteiger partial charge >= 0.3 is 0 Å². The SMILES string of the molecule is CCCCCC#Cc1cc(OC)ccc1C(=O)N(C)OC. The fourth-order valence-corrected chi connectivity index (χ4v) is 1.81. The van der Waals surface area contributed by atoms with Crippen LogP contribution in [0.5, 0.6) is 5.75 Å². The number of hydrogen-bond donors (Lipinski definition) is 0. The first kappa shape index (κ1) is 17.1. The van der Waals surface area contributed by atoms with E-state index in [1.165, 1.54) is 25.0 Å². The molecule has 0 spiro atoms. The molecule has 0 saturated carbocycles. The molecule has 0 atom stereocenters. The lowest BCUT2D eigenvalue weighted by Gasteiger charge is -2.15. The highest BCUT2D eigenvalue weighted by Gasteiger charge is 2.15. The second-order valence-corrected chi connectivity index (χ2v) is 4.66. The van der Waals surface area contributed by atoms with E-state index >= 15 is 0 Å². The van der Waals surface area contributed by atoms with Gasteiger partial charge in [-0.3, -0.25) is 9.63 Å². The number of ether oxygens (including phenoxy) is 1. The van der Waals surface area contributed by atoms with E-state index in [0.717, 1.165) is 12.8 Å². The summed E-state index contributed by atoms with van der Waals surface area (Å²) in [5, 5.41) is 1.18. The Morgan fingerprint density at radius 3 is 2.67 bits per heavy atom. The van der Waals surface area contributed by atoms with Gasteiger partial charge in [0, 0.05) is 19.0 Å². The fraction of sp³-hybridized carbons (Fsp3) is 0.471. The van der Waals surface area contributed by atoms with Gasteiger partial charge in [0.1, 0.15) is 5.75 Å². The van der Waals surface area contributed by atoms with Gasteiger partial charge in [0.25, 0.3) is 5.91 Å². The Bertz CT molecular complexity index is 529. The second-order valence-electron chi connectivity index (χ2n) is 4.66. The molecular formula is C17H23NO3. The molecule has 0 saturated heterocycles. The van der Waals surface area contributed by atoms with E-state index in [1.54, 1.807) is 32.4 Å². The van der Waals surface area contributed by atoms with Crippen molar-refractivity contribution in [2.24, 2.45) is 0 Å². The molecule has 1 aromatic carbocycles. The predicted octanol–water partition coefficient (Wildman–Crippen LogP) is 3.26. The second kappa shape index (κ2) is 9.04. The average molecular weight is 289 g/mol. The monoisotopic (exact) mass is 289 g/mol. The summed E-state index contributed by atoms with van der Waals surface area (Å²) in [5.74, 6) is 6.66. The highest BCUT2D eigenvalue weighted by molar-refractivity contribution is 5.96. The van der Waals surface area contributed by atoms with Crippen molar-refractivity contribution in [2.75, 3.05) is 21.3 Å². The summed E-state index contributed by atoms with van der Waals surface area (Å²) < 4.78 is 5.20. The number of carbonyl (C=O) groups is 1. The number of methoxy groups -OCH3 is 1. The maximum Gasteiger partial charge on any atom is 0.278 e. The maximum atomic E-state index is 12.2. The molecule has 0 fully saturated rings. The molecule has 0 aliphatic carbocycles. The molecule has 0 radical (unpaired) electrons. The van der Waals surface area contributed by atoms with Crippen LogP contribution in [-0.4, -0.2) is 32.2 Å². The zero-order valence-corrected chi connectivity index (χ0v) is 13.2. The summed E-state index contributed by atoms with van der Waals surface area (Å²) in [7, 11) is 4.62. The third kappa shape index (κ3) is 5.13. The molecular weight excluding hydrogens is 266 g/mol. The van der Waals surface area contributed by atoms with Crippen molar-refractivity contribution in [1.29, 1.82) is 0 Å². The first-order valence-electron chi connectivity index (χ1n) is 7.13. The number of unbranched alkanes of at least 4 members (excludes halogenated alkanes) is 3. The van der Waals surface area contributed by atoms with Crippen LogP contribution in [0.25, 0.3) is 0 Å². The number of hydroxylamine groups is 2. The molecule has 0 bridgehead atoms. The summed E-state index contributed by atoms with van der Waals surface area (Å²) in [4.78, 5) is 17.2. The minimum atomic E-state index is -0.224. The Morgan fingerprint density at radius 1 is 1.29 bits per heavy atom. The number of rotatable bonds is 6. The van der Waals surface area contributed by atoms with E-state index < -0.39 is 0 Å². The van der Waals surface area contributed by atoms with Gasteiger partial charge in [0.15, 0.2) is 0 Å². The summed E-state index contributed by atoms with van der Waals surface area (Å²) in [5.41, 5.74) is 1.18. The molecule has 4 heteroatoms. The average Bonchev–Trinajstić information content (AvgIpc) is 2.53. The molecule has 1 rings (SSSR count). The Labute approximate surface area is 127 Å². The molecule has 114 valence electrons. The van der Waals surface area contributed by atoms with Crippen molar-refractivity contribution < 1.29 is 14.4 Å². The highest BCUT2D eigenvalue weighted by atomic mass is 16.7. The zero-order chi connectivity index (χ0) is 15.7. The zero-order valence-electron chi connectivity index (χ0n) is 13.2. The lowest BCUT2D eigenvalue weighted by molar-refractivity contribution is -0.0757. The van der Waals surface area contributed by atoms with E-state index in [4.69, 9.17) is 9.57 Å². The lowest BCUT2D eigenvalue weighted by atomic mass is 10.1. The Kier molecular flexibility index (Phi) is 7.34. The van der Waals surface area contributed by atoms with Crippen LogP contribution >= 0.6 is 0 Å². The Morgan fingerprint density at radius 2 is 2.05 bits per heavy atom. The molecule has 0 unspecified atom stereocenters. The van der Waals surface area contributed by atoms with Gasteiger partial charge < -0.3 is 4.74 Å². The van der Waals surface area contributed by atoms with Crippen LogP contribution in [0.15, 0.2) is 18.2 Å². The first-order valence-corrected chi connectivity index (χ1v) is 7.13. The quantitative estimate of drug-likeness (QED) is 0.458. The summed E-state index contributed by atoms with van der Waals surface area (Å²) >= 11 is 0. The standard InChI is InChI=1S/C17H23NO3/c1-5-6-7-8-9-10-14-13-15(20-3)11-12-16(14)17(19)18(2)21-4/h11-13H,5-8H2,1-4H3. The van der Waals surface area contributed by atoms with Crippen molar-refractivity contribution in [2.45, 2.75) is 32.6 Å². The first-order chi connectivity index (χ1) is 10.1. The topological polar surface area (TPSA) is 38.8 Å². The number of amides is 1. The van der Waals surface area contributed by atoms with Gasteiger partial charge in [-0.05, 0) is 24.6 Å². The highest BCUT2D eigenvalue weighted by Crippen LogP contribution is 2.18. The molecule has 21 heavy (non-hydrogen) atoms. The van der Waals surface area contributed by atoms with Gasteiger partial charge in [-0.25, -0.2) is 5.06 Å². The van der Waals surface area contributed by atoms with Crippen molar-refractivity contribution in [3.63, 3.8) is 0 Å². The molecule has 0 heterocycles. The van der Waals surface area contributed by atoms with E-state index in [0.29, 0.717) is 16.9 Å². The molecule has 4 nitrogen and oxygen atoms in total. The smallest absolute Gasteiger partial charge is 0.278 e. The Hall–Kier alpha value is -1.99. The summed E-state index contributed by atoms with van der Waals surface area (Å²) in [6.45, 7) is 2.16. The van der Waals surface area contributed by atoms with Gasteiger partial charge in [0.05, 0.1) is 19.8 Å². The molecule has 1 amide bonds. The predicted molar refractivity (Wildman–Crippen MR) is 83.1 cm³/mol. The number of benzene rings is 1. The minimum Gasteiger partial charge on any atom is -0.497 e. The third-order valence-corrected chi connectivity index (χ3v) is 3.15. The maximum absolute atomic E-state index is 12.2. The van der Waals surface area contributed by atoms with Gasteiger partial charge in [0.2, 0.25) is 0 Å². The number of hydrogen-bond acceptors (Lipinski definition) is 3. The van der Waals surface area contributed by atoms with Crippen LogP contribution in [0.1, 0.15) is 48.5 Å². The number of carbonyl (C=O) groups excluding carboxylic acids is 1. The van der Waals surface area contributed by atoms with Crippen molar-refractivity contribution in [3.8, 4) is 17.6 Å². The largest absolute Gasteiger partial charge is 0.497 e. The van der Waals surface area contributed by atoms with Gasteiger partial charge in [-0.1, -0.05) is 31.6 Å². The Balaban J connectivity index is 2.99. The summed E-state index contributed by atoms with van der Waals surface area (Å²) in [6, 6.07) is 5.25. The van der Waals surface area contributed by atoms with Gasteiger partial charge in [-0.15, -0.1) is 0 Å². The molecule has 1 aromatic rings. The van der Waals surface area contributed by atoms with Crippen LogP contribution < -0.4 is 4.74 Å². The lowest BCUT2D eigenvalue weighted by Crippen LogP contribution is -2.26. The van der Waals surface area contributed by atoms with Crippen LogP contribution in [-0.2, 0) is 4.84 Å². The number of nitrogens with zero attached hydrogens (tertiary/aromatic N) is 1. The van der Waals surface area contributed by atoms with E-state index in [1.807, 2.05) is 0 Å². The van der Waals surface area contributed by atoms with Gasteiger partial charge in [-0.2, -0.15) is 0 Å². The van der Waals surface area contributed by atoms with E-state index in [-0.39, 0.29) is 5.91 Å². The summed E-state index contributed by atoms with van der Waals surface area (Å²) in [6.07, 6.45) is 4.25. The molecule has 0 N–H and O–H groups in total. The van der Waals surface area contributed by atoms with Crippen molar-refractivity contribution in [3.05, 3.63) is 29.3 Å². The normalized spacial score (nSPS) is 9.71. The van der Waals surface area contributed by atoms with Crippen LogP contribution in [0.2, 0.25) is 0 Å². The minimum absolute atomic E-state index is 0.224. The van der Waals surface area contributed by atoms with Crippen LogP contribution in [0.4, 0.5) is 0 Å². The van der Waals surface area contributed by atoms with Crippen molar-refractivity contribution in [1.82, 2.24) is 5.06 Å². The van der Waals surface area contributed by atoms with Crippen LogP contribution in [0.3, 0.4) is 0 Å².